The maximum atomic E-state index is 11.4. The van der Waals surface area contributed by atoms with Crippen molar-refractivity contribution >= 4 is 23.3 Å². The Morgan fingerprint density at radius 1 is 1.00 bits per heavy atom. The third-order valence-corrected chi connectivity index (χ3v) is 3.01. The van der Waals surface area contributed by atoms with Gasteiger partial charge in [0, 0.05) is 16.8 Å². The number of hydrogen-bond acceptors (Lipinski definition) is 1. The molecule has 2 aromatic carbocycles. The molecule has 0 radical (unpaired) electrons. The minimum atomic E-state index is -0.213. The van der Waals surface area contributed by atoms with Gasteiger partial charge in [-0.1, -0.05) is 54.1 Å². The summed E-state index contributed by atoms with van der Waals surface area (Å²) < 4.78 is 0. The molecule has 2 amide bonds. The number of anilines is 1. The first kappa shape index (κ1) is 17.1. The molecule has 2 rings (SSSR count). The van der Waals surface area contributed by atoms with Crippen LogP contribution >= 0.6 is 11.6 Å². The largest absolute Gasteiger partial charge is 0.336 e. The smallest absolute Gasteiger partial charge is 0.319 e. The molecule has 0 spiro atoms. The summed E-state index contributed by atoms with van der Waals surface area (Å²) in [7, 11) is 0. The topological polar surface area (TPSA) is 41.1 Å². The lowest BCUT2D eigenvalue weighted by Gasteiger charge is -2.12. The van der Waals surface area contributed by atoms with E-state index in [9.17, 15) is 4.79 Å². The Kier molecular flexibility index (Phi) is 7.33. The minimum Gasteiger partial charge on any atom is -0.336 e. The third kappa shape index (κ3) is 6.82. The Balaban J connectivity index is 0.000000304. The highest BCUT2D eigenvalue weighted by Crippen LogP contribution is 2.22. The number of carbonyl (C=O) groups excluding carboxylic acids is 1. The van der Waals surface area contributed by atoms with E-state index in [2.05, 4.69) is 10.6 Å². The van der Waals surface area contributed by atoms with Gasteiger partial charge in [0.25, 0.3) is 0 Å². The molecular weight excluding hydrogens is 284 g/mol. The Bertz CT molecular complexity index is 529. The standard InChI is InChI=1S/C11H15ClN2O.C6H6/c1-7(2)13-11(15)14-10-6-4-5-9(12)8(10)3;1-2-4-6-5-3-1/h4-7H,1-3H3,(H2,13,14,15);1-6H. The fourth-order valence-corrected chi connectivity index (χ4v) is 1.72. The van der Waals surface area contributed by atoms with Crippen LogP contribution in [0.2, 0.25) is 5.02 Å². The van der Waals surface area contributed by atoms with Crippen LogP contribution in [0.5, 0.6) is 0 Å². The molecule has 3 nitrogen and oxygen atoms in total. The highest BCUT2D eigenvalue weighted by atomic mass is 35.5. The first-order chi connectivity index (χ1) is 10.0. The molecule has 0 aliphatic heterocycles. The van der Waals surface area contributed by atoms with Crippen LogP contribution in [0, 0.1) is 6.92 Å². The van der Waals surface area contributed by atoms with Gasteiger partial charge in [-0.2, -0.15) is 0 Å². The van der Waals surface area contributed by atoms with Crippen molar-refractivity contribution in [3.8, 4) is 0 Å². The number of carbonyl (C=O) groups is 1. The number of urea groups is 1. The van der Waals surface area contributed by atoms with Crippen molar-refractivity contribution in [1.29, 1.82) is 0 Å². The summed E-state index contributed by atoms with van der Waals surface area (Å²) in [6.07, 6.45) is 0. The van der Waals surface area contributed by atoms with E-state index in [-0.39, 0.29) is 12.1 Å². The Morgan fingerprint density at radius 2 is 1.52 bits per heavy atom. The van der Waals surface area contributed by atoms with E-state index >= 15 is 0 Å². The van der Waals surface area contributed by atoms with Crippen LogP contribution in [0.1, 0.15) is 19.4 Å². The third-order valence-electron chi connectivity index (χ3n) is 2.60. The maximum absolute atomic E-state index is 11.4. The van der Waals surface area contributed by atoms with Gasteiger partial charge in [-0.15, -0.1) is 0 Å². The summed E-state index contributed by atoms with van der Waals surface area (Å²) in [5.74, 6) is 0. The van der Waals surface area contributed by atoms with Crippen LogP contribution < -0.4 is 10.6 Å². The normalized spacial score (nSPS) is 9.57. The first-order valence-corrected chi connectivity index (χ1v) is 7.21. The summed E-state index contributed by atoms with van der Waals surface area (Å²) in [6.45, 7) is 5.68. The molecule has 2 aromatic rings. The molecule has 2 N–H and O–H groups in total. The second-order valence-electron chi connectivity index (χ2n) is 4.82. The van der Waals surface area contributed by atoms with Crippen LogP contribution in [0.15, 0.2) is 54.6 Å². The van der Waals surface area contributed by atoms with Crippen molar-refractivity contribution in [1.82, 2.24) is 5.32 Å². The fourth-order valence-electron chi connectivity index (χ4n) is 1.55. The van der Waals surface area contributed by atoms with Crippen molar-refractivity contribution in [2.45, 2.75) is 26.8 Å². The average Bonchev–Trinajstić information content (AvgIpc) is 2.46. The van der Waals surface area contributed by atoms with Gasteiger partial charge in [0.05, 0.1) is 0 Å². The van der Waals surface area contributed by atoms with Gasteiger partial charge < -0.3 is 10.6 Å². The van der Waals surface area contributed by atoms with Crippen molar-refractivity contribution < 1.29 is 4.79 Å². The molecule has 0 heterocycles. The van der Waals surface area contributed by atoms with Gasteiger partial charge in [0.2, 0.25) is 0 Å². The first-order valence-electron chi connectivity index (χ1n) is 6.83. The predicted octanol–water partition coefficient (Wildman–Crippen LogP) is 4.86. The SMILES string of the molecule is Cc1c(Cl)cccc1NC(=O)NC(C)C.c1ccccc1. The number of rotatable bonds is 2. The molecule has 21 heavy (non-hydrogen) atoms. The van der Waals surface area contributed by atoms with E-state index in [1.807, 2.05) is 63.2 Å². The molecule has 0 unspecified atom stereocenters. The quantitative estimate of drug-likeness (QED) is 0.817. The highest BCUT2D eigenvalue weighted by Gasteiger charge is 2.06. The van der Waals surface area contributed by atoms with Crippen LogP contribution in [-0.2, 0) is 0 Å². The zero-order valence-electron chi connectivity index (χ0n) is 12.6. The molecule has 0 aliphatic carbocycles. The van der Waals surface area contributed by atoms with Crippen LogP contribution in [0.3, 0.4) is 0 Å². The summed E-state index contributed by atoms with van der Waals surface area (Å²) in [6, 6.07) is 17.3. The zero-order chi connectivity index (χ0) is 15.7. The molecule has 0 saturated carbocycles. The Hall–Kier alpha value is -2.00. The second kappa shape index (κ2) is 9.03. The maximum Gasteiger partial charge on any atom is 0.319 e. The zero-order valence-corrected chi connectivity index (χ0v) is 13.3. The van der Waals surface area contributed by atoms with Crippen LogP contribution in [-0.4, -0.2) is 12.1 Å². The molecule has 0 atom stereocenters. The summed E-state index contributed by atoms with van der Waals surface area (Å²) in [5, 5.41) is 6.14. The monoisotopic (exact) mass is 304 g/mol. The molecule has 4 heteroatoms. The number of hydrogen-bond donors (Lipinski definition) is 2. The second-order valence-corrected chi connectivity index (χ2v) is 5.23. The van der Waals surface area contributed by atoms with Gasteiger partial charge >= 0.3 is 6.03 Å². The van der Waals surface area contributed by atoms with E-state index in [0.717, 1.165) is 11.3 Å². The molecule has 0 aromatic heterocycles. The Morgan fingerprint density at radius 3 is 2.00 bits per heavy atom. The molecule has 0 saturated heterocycles. The predicted molar refractivity (Wildman–Crippen MR) is 89.9 cm³/mol. The number of benzene rings is 2. The van der Waals surface area contributed by atoms with Crippen molar-refractivity contribution in [3.05, 3.63) is 65.2 Å². The summed E-state index contributed by atoms with van der Waals surface area (Å²) >= 11 is 5.93. The molecule has 0 bridgehead atoms. The number of amides is 2. The lowest BCUT2D eigenvalue weighted by molar-refractivity contribution is 0.250. The van der Waals surface area contributed by atoms with Crippen molar-refractivity contribution in [2.24, 2.45) is 0 Å². The molecule has 0 fully saturated rings. The van der Waals surface area contributed by atoms with Gasteiger partial charge in [-0.05, 0) is 38.5 Å². The molecular formula is C17H21ClN2O. The average molecular weight is 305 g/mol. The Labute approximate surface area is 131 Å². The lowest BCUT2D eigenvalue weighted by Crippen LogP contribution is -2.34. The van der Waals surface area contributed by atoms with E-state index in [1.165, 1.54) is 0 Å². The van der Waals surface area contributed by atoms with Crippen LogP contribution in [0.4, 0.5) is 10.5 Å². The summed E-state index contributed by atoms with van der Waals surface area (Å²) in [5.41, 5.74) is 1.61. The van der Waals surface area contributed by atoms with E-state index in [4.69, 9.17) is 11.6 Å². The van der Waals surface area contributed by atoms with E-state index in [0.29, 0.717) is 5.02 Å². The lowest BCUT2D eigenvalue weighted by atomic mass is 10.2. The number of nitrogens with one attached hydrogen (secondary N) is 2. The summed E-state index contributed by atoms with van der Waals surface area (Å²) in [4.78, 5) is 11.4. The van der Waals surface area contributed by atoms with E-state index < -0.39 is 0 Å². The van der Waals surface area contributed by atoms with Crippen LogP contribution in [0.25, 0.3) is 0 Å². The van der Waals surface area contributed by atoms with Crippen molar-refractivity contribution in [2.75, 3.05) is 5.32 Å². The van der Waals surface area contributed by atoms with Gasteiger partial charge in [-0.25, -0.2) is 4.79 Å². The number of halogens is 1. The minimum absolute atomic E-state index is 0.115. The highest BCUT2D eigenvalue weighted by molar-refractivity contribution is 6.31. The van der Waals surface area contributed by atoms with E-state index in [1.54, 1.807) is 12.1 Å². The molecule has 112 valence electrons. The van der Waals surface area contributed by atoms with Gasteiger partial charge in [-0.3, -0.25) is 0 Å². The van der Waals surface area contributed by atoms with Gasteiger partial charge in [0.15, 0.2) is 0 Å². The van der Waals surface area contributed by atoms with Gasteiger partial charge in [0.1, 0.15) is 0 Å². The molecule has 0 aliphatic rings. The van der Waals surface area contributed by atoms with Crippen molar-refractivity contribution in [3.63, 3.8) is 0 Å². The fraction of sp³-hybridized carbons (Fsp3) is 0.235.